The van der Waals surface area contributed by atoms with Crippen LogP contribution < -0.4 is 0 Å². The van der Waals surface area contributed by atoms with Crippen molar-refractivity contribution < 1.29 is 9.90 Å². The molecule has 0 radical (unpaired) electrons. The summed E-state index contributed by atoms with van der Waals surface area (Å²) in [4.78, 5) is 11.1. The van der Waals surface area contributed by atoms with E-state index >= 15 is 0 Å². The molecule has 1 aromatic rings. The fourth-order valence-corrected chi connectivity index (χ4v) is 4.56. The predicted molar refractivity (Wildman–Crippen MR) is 108 cm³/mol. The van der Waals surface area contributed by atoms with Gasteiger partial charge in [0.15, 0.2) is 0 Å². The minimum absolute atomic E-state index is 0.0939. The molecule has 0 aliphatic heterocycles. The van der Waals surface area contributed by atoms with E-state index in [9.17, 15) is 4.79 Å². The molecule has 0 fully saturated rings. The number of carboxylic acid groups (broad SMARTS) is 1. The van der Waals surface area contributed by atoms with Gasteiger partial charge in [-0.2, -0.15) is 0 Å². The normalized spacial score (nSPS) is 26.3. The fraction of sp³-hybridized carbons (Fsp3) is 0.458. The first kappa shape index (κ1) is 18.7. The third kappa shape index (κ3) is 3.18. The molecule has 26 heavy (non-hydrogen) atoms. The summed E-state index contributed by atoms with van der Waals surface area (Å²) >= 11 is 0. The van der Waals surface area contributed by atoms with Gasteiger partial charge in [-0.15, -0.1) is 0 Å². The third-order valence-corrected chi connectivity index (χ3v) is 6.42. The number of hydrogen-bond donors (Lipinski definition) is 1. The highest BCUT2D eigenvalue weighted by atomic mass is 16.4. The smallest absolute Gasteiger partial charge is 0.335 e. The number of hydrogen-bond acceptors (Lipinski definition) is 1. The fourth-order valence-electron chi connectivity index (χ4n) is 4.56. The largest absolute Gasteiger partial charge is 0.478 e. The Morgan fingerprint density at radius 1 is 0.962 bits per heavy atom. The van der Waals surface area contributed by atoms with Crippen LogP contribution in [0.2, 0.25) is 0 Å². The molecule has 0 saturated heterocycles. The van der Waals surface area contributed by atoms with Gasteiger partial charge in [0.1, 0.15) is 0 Å². The lowest BCUT2D eigenvalue weighted by molar-refractivity contribution is 0.0697. The lowest BCUT2D eigenvalue weighted by Crippen LogP contribution is -2.34. The van der Waals surface area contributed by atoms with Crippen molar-refractivity contribution in [2.24, 2.45) is 22.7 Å². The van der Waals surface area contributed by atoms with Crippen LogP contribution in [0.1, 0.15) is 63.4 Å². The average Bonchev–Trinajstić information content (AvgIpc) is 2.58. The first-order chi connectivity index (χ1) is 12.0. The van der Waals surface area contributed by atoms with Crippen LogP contribution in [0.3, 0.4) is 0 Å². The Balaban J connectivity index is 1.92. The lowest BCUT2D eigenvalue weighted by atomic mass is 9.58. The van der Waals surface area contributed by atoms with Crippen molar-refractivity contribution in [3.05, 3.63) is 65.3 Å². The molecule has 2 nitrogen and oxygen atoms in total. The first-order valence-electron chi connectivity index (χ1n) is 9.49. The summed E-state index contributed by atoms with van der Waals surface area (Å²) in [5, 5.41) is 9.11. The monoisotopic (exact) mass is 350 g/mol. The maximum Gasteiger partial charge on any atom is 0.335 e. The van der Waals surface area contributed by atoms with E-state index in [4.69, 9.17) is 5.11 Å². The summed E-state index contributed by atoms with van der Waals surface area (Å²) in [7, 11) is 0. The van der Waals surface area contributed by atoms with Crippen LogP contribution in [0.5, 0.6) is 0 Å². The quantitative estimate of drug-likeness (QED) is 0.644. The zero-order valence-corrected chi connectivity index (χ0v) is 16.6. The number of rotatable bonds is 3. The van der Waals surface area contributed by atoms with E-state index in [1.54, 1.807) is 23.3 Å². The van der Waals surface area contributed by atoms with Crippen molar-refractivity contribution in [2.75, 3.05) is 0 Å². The molecular formula is C24H30O2. The van der Waals surface area contributed by atoms with Gasteiger partial charge in [0.25, 0.3) is 0 Å². The molecule has 3 rings (SSSR count). The Labute approximate surface area is 157 Å². The van der Waals surface area contributed by atoms with E-state index in [0.717, 1.165) is 24.0 Å². The molecule has 1 N–H and O–H groups in total. The van der Waals surface area contributed by atoms with Crippen molar-refractivity contribution in [1.82, 2.24) is 0 Å². The molecule has 0 bridgehead atoms. The predicted octanol–water partition coefficient (Wildman–Crippen LogP) is 6.36. The number of allylic oxidation sites excluding steroid dienone is 5. The van der Waals surface area contributed by atoms with Gasteiger partial charge < -0.3 is 5.11 Å². The maximum absolute atomic E-state index is 11.1. The Hall–Kier alpha value is -2.09. The first-order valence-corrected chi connectivity index (χ1v) is 9.49. The number of aromatic carboxylic acids is 1. The summed E-state index contributed by atoms with van der Waals surface area (Å²) in [6, 6.07) is 7.16. The summed E-state index contributed by atoms with van der Waals surface area (Å²) in [5.41, 5.74) is 5.90. The summed E-state index contributed by atoms with van der Waals surface area (Å²) < 4.78 is 0. The van der Waals surface area contributed by atoms with Gasteiger partial charge in [0, 0.05) is 10.8 Å². The van der Waals surface area contributed by atoms with Gasteiger partial charge in [-0.1, -0.05) is 76.6 Å². The second kappa shape index (κ2) is 6.26. The SMILES string of the molecule is C=C(c1ccc(C(=O)O)cc1)C1CC2=C(CC1C)C(C)(C)C=CC2(C)C. The summed E-state index contributed by atoms with van der Waals surface area (Å²) in [5.74, 6) is 0.0361. The molecule has 0 amide bonds. The Morgan fingerprint density at radius 2 is 1.42 bits per heavy atom. The van der Waals surface area contributed by atoms with Gasteiger partial charge in [-0.25, -0.2) is 4.79 Å². The molecule has 0 saturated carbocycles. The van der Waals surface area contributed by atoms with E-state index in [0.29, 0.717) is 17.4 Å². The highest BCUT2D eigenvalue weighted by molar-refractivity contribution is 5.88. The molecule has 1 aromatic carbocycles. The number of carboxylic acids is 1. The molecule has 138 valence electrons. The van der Waals surface area contributed by atoms with Crippen LogP contribution in [-0.2, 0) is 0 Å². The summed E-state index contributed by atoms with van der Waals surface area (Å²) in [6.07, 6.45) is 6.88. The van der Waals surface area contributed by atoms with Gasteiger partial charge >= 0.3 is 5.97 Å². The molecular weight excluding hydrogens is 320 g/mol. The molecule has 2 heteroatoms. The number of carbonyl (C=O) groups is 1. The zero-order valence-electron chi connectivity index (χ0n) is 16.6. The molecule has 2 atom stereocenters. The Kier molecular flexibility index (Phi) is 4.50. The molecule has 2 aliphatic rings. The third-order valence-electron chi connectivity index (χ3n) is 6.42. The minimum atomic E-state index is -0.888. The van der Waals surface area contributed by atoms with Gasteiger partial charge in [-0.05, 0) is 47.9 Å². The van der Waals surface area contributed by atoms with E-state index < -0.39 is 5.97 Å². The van der Waals surface area contributed by atoms with Crippen molar-refractivity contribution in [3.63, 3.8) is 0 Å². The zero-order chi connectivity index (χ0) is 19.3. The standard InChI is InChI=1S/C24H30O2/c1-15-13-20-21(24(5,6)12-11-23(20,3)4)14-19(15)16(2)17-7-9-18(10-8-17)22(25)26/h7-12,15,19H,2,13-14H2,1,3-6H3,(H,25,26). The second-order valence-electron chi connectivity index (χ2n) is 9.13. The molecule has 0 spiro atoms. The van der Waals surface area contributed by atoms with E-state index in [2.05, 4.69) is 53.3 Å². The maximum atomic E-state index is 11.1. The van der Waals surface area contributed by atoms with Crippen molar-refractivity contribution in [1.29, 1.82) is 0 Å². The van der Waals surface area contributed by atoms with Crippen molar-refractivity contribution in [2.45, 2.75) is 47.5 Å². The minimum Gasteiger partial charge on any atom is -0.478 e. The Morgan fingerprint density at radius 3 is 1.92 bits per heavy atom. The van der Waals surface area contributed by atoms with Crippen LogP contribution in [0.15, 0.2) is 54.1 Å². The highest BCUT2D eigenvalue weighted by Gasteiger charge is 2.41. The average molecular weight is 351 g/mol. The molecule has 2 aliphatic carbocycles. The topological polar surface area (TPSA) is 37.3 Å². The highest BCUT2D eigenvalue weighted by Crippen LogP contribution is 2.54. The Bertz CT molecular complexity index is 803. The lowest BCUT2D eigenvalue weighted by Gasteiger charge is -2.46. The van der Waals surface area contributed by atoms with Crippen LogP contribution in [0.25, 0.3) is 5.57 Å². The van der Waals surface area contributed by atoms with Crippen LogP contribution in [0, 0.1) is 22.7 Å². The number of benzene rings is 1. The van der Waals surface area contributed by atoms with Crippen LogP contribution in [-0.4, -0.2) is 11.1 Å². The summed E-state index contributed by atoms with van der Waals surface area (Å²) in [6.45, 7) is 16.0. The van der Waals surface area contributed by atoms with Crippen LogP contribution >= 0.6 is 0 Å². The molecule has 0 heterocycles. The second-order valence-corrected chi connectivity index (χ2v) is 9.13. The van der Waals surface area contributed by atoms with E-state index in [1.807, 2.05) is 12.1 Å². The van der Waals surface area contributed by atoms with E-state index in [-0.39, 0.29) is 10.8 Å². The van der Waals surface area contributed by atoms with Crippen molar-refractivity contribution >= 4 is 11.5 Å². The van der Waals surface area contributed by atoms with E-state index in [1.165, 1.54) is 0 Å². The van der Waals surface area contributed by atoms with Gasteiger partial charge in [0.05, 0.1) is 5.56 Å². The molecule has 2 unspecified atom stereocenters. The molecule has 0 aromatic heterocycles. The van der Waals surface area contributed by atoms with Crippen LogP contribution in [0.4, 0.5) is 0 Å². The van der Waals surface area contributed by atoms with Gasteiger partial charge in [0.2, 0.25) is 0 Å². The van der Waals surface area contributed by atoms with Crippen molar-refractivity contribution in [3.8, 4) is 0 Å². The van der Waals surface area contributed by atoms with Gasteiger partial charge in [-0.3, -0.25) is 0 Å².